The molecule has 6 heteroatoms. The highest BCUT2D eigenvalue weighted by Gasteiger charge is 2.58. The number of aliphatic imine (C=N–C) groups is 1. The molecule has 0 bridgehead atoms. The van der Waals surface area contributed by atoms with Crippen molar-refractivity contribution in [1.82, 2.24) is 10.6 Å². The summed E-state index contributed by atoms with van der Waals surface area (Å²) < 4.78 is 11.3. The summed E-state index contributed by atoms with van der Waals surface area (Å²) in [6.45, 7) is 11.3. The van der Waals surface area contributed by atoms with Crippen LogP contribution in [0.1, 0.15) is 47.0 Å². The van der Waals surface area contributed by atoms with Crippen molar-refractivity contribution in [2.24, 2.45) is 10.4 Å². The highest BCUT2D eigenvalue weighted by atomic mass is 127. The van der Waals surface area contributed by atoms with E-state index in [0.717, 1.165) is 44.9 Å². The van der Waals surface area contributed by atoms with Crippen LogP contribution in [0.25, 0.3) is 0 Å². The molecule has 1 saturated heterocycles. The third-order valence-corrected chi connectivity index (χ3v) is 5.41. The van der Waals surface area contributed by atoms with Gasteiger partial charge in [-0.2, -0.15) is 0 Å². The molecule has 2 N–H and O–H groups in total. The second kappa shape index (κ2) is 8.15. The molecule has 0 aromatic heterocycles. The largest absolute Gasteiger partial charge is 0.378 e. The SMILES string of the molecule is CCNC(=NCC1CCCO1)NC1CC(C)(OC)C1(C)C.I. The smallest absolute Gasteiger partial charge is 0.191 e. The summed E-state index contributed by atoms with van der Waals surface area (Å²) in [5.41, 5.74) is 0.0261. The average Bonchev–Trinajstić information content (AvgIpc) is 2.97. The number of hydrogen-bond donors (Lipinski definition) is 2. The zero-order valence-corrected chi connectivity index (χ0v) is 16.9. The summed E-state index contributed by atoms with van der Waals surface area (Å²) in [5, 5.41) is 6.89. The van der Waals surface area contributed by atoms with Gasteiger partial charge in [0.25, 0.3) is 0 Å². The van der Waals surface area contributed by atoms with E-state index in [9.17, 15) is 0 Å². The van der Waals surface area contributed by atoms with Crippen molar-refractivity contribution in [2.75, 3.05) is 26.8 Å². The fourth-order valence-electron chi connectivity index (χ4n) is 3.19. The molecule has 0 radical (unpaired) electrons. The van der Waals surface area contributed by atoms with Gasteiger partial charge in [0.1, 0.15) is 0 Å². The number of halogens is 1. The lowest BCUT2D eigenvalue weighted by Gasteiger charge is -2.59. The van der Waals surface area contributed by atoms with Crippen molar-refractivity contribution < 1.29 is 9.47 Å². The van der Waals surface area contributed by atoms with Gasteiger partial charge in [0.15, 0.2) is 5.96 Å². The van der Waals surface area contributed by atoms with E-state index in [1.807, 2.05) is 0 Å². The maximum absolute atomic E-state index is 5.68. The van der Waals surface area contributed by atoms with E-state index >= 15 is 0 Å². The van der Waals surface area contributed by atoms with Gasteiger partial charge in [0, 0.05) is 31.7 Å². The first-order valence-electron chi connectivity index (χ1n) is 8.14. The van der Waals surface area contributed by atoms with Crippen LogP contribution in [-0.2, 0) is 9.47 Å². The van der Waals surface area contributed by atoms with Crippen molar-refractivity contribution in [2.45, 2.75) is 64.7 Å². The van der Waals surface area contributed by atoms with Gasteiger partial charge in [-0.05, 0) is 33.1 Å². The first-order valence-corrected chi connectivity index (χ1v) is 8.14. The lowest BCUT2D eigenvalue weighted by Crippen LogP contribution is -2.69. The van der Waals surface area contributed by atoms with E-state index in [4.69, 9.17) is 9.47 Å². The first-order chi connectivity index (χ1) is 9.93. The first kappa shape index (κ1) is 20.0. The zero-order valence-electron chi connectivity index (χ0n) is 14.6. The minimum absolute atomic E-state index is 0. The number of nitrogens with zero attached hydrogens (tertiary/aromatic N) is 1. The van der Waals surface area contributed by atoms with E-state index in [1.54, 1.807) is 7.11 Å². The average molecular weight is 425 g/mol. The maximum Gasteiger partial charge on any atom is 0.191 e. The molecule has 0 aromatic rings. The molecule has 3 atom stereocenters. The normalized spacial score (nSPS) is 33.8. The molecule has 0 aromatic carbocycles. The molecule has 130 valence electrons. The number of methoxy groups -OCH3 is 1. The molecular weight excluding hydrogens is 393 g/mol. The van der Waals surface area contributed by atoms with Crippen LogP contribution in [0.15, 0.2) is 4.99 Å². The fourth-order valence-corrected chi connectivity index (χ4v) is 3.19. The quantitative estimate of drug-likeness (QED) is 0.404. The lowest BCUT2D eigenvalue weighted by molar-refractivity contribution is -0.176. The maximum atomic E-state index is 5.68. The van der Waals surface area contributed by atoms with Gasteiger partial charge in [-0.15, -0.1) is 24.0 Å². The van der Waals surface area contributed by atoms with E-state index in [0.29, 0.717) is 12.1 Å². The van der Waals surface area contributed by atoms with Gasteiger partial charge in [0.05, 0.1) is 18.2 Å². The van der Waals surface area contributed by atoms with Crippen molar-refractivity contribution in [3.63, 3.8) is 0 Å². The van der Waals surface area contributed by atoms with Gasteiger partial charge < -0.3 is 20.1 Å². The molecule has 1 aliphatic carbocycles. The molecule has 2 fully saturated rings. The molecule has 2 rings (SSSR count). The van der Waals surface area contributed by atoms with E-state index < -0.39 is 0 Å². The molecule has 2 aliphatic rings. The Bertz CT molecular complexity index is 384. The van der Waals surface area contributed by atoms with Crippen LogP contribution >= 0.6 is 24.0 Å². The number of guanidine groups is 1. The Hall–Kier alpha value is -0.0800. The number of nitrogens with one attached hydrogen (secondary N) is 2. The Labute approximate surface area is 152 Å². The summed E-state index contributed by atoms with van der Waals surface area (Å²) >= 11 is 0. The van der Waals surface area contributed by atoms with Gasteiger partial charge >= 0.3 is 0 Å². The molecule has 0 spiro atoms. The summed E-state index contributed by atoms with van der Waals surface area (Å²) in [4.78, 5) is 4.69. The second-order valence-corrected chi connectivity index (χ2v) is 6.91. The molecular formula is C16H32IN3O2. The van der Waals surface area contributed by atoms with Crippen LogP contribution in [0.5, 0.6) is 0 Å². The Kier molecular flexibility index (Phi) is 7.39. The van der Waals surface area contributed by atoms with Crippen molar-refractivity contribution in [3.05, 3.63) is 0 Å². The molecule has 1 saturated carbocycles. The Morgan fingerprint density at radius 1 is 1.36 bits per heavy atom. The van der Waals surface area contributed by atoms with Crippen LogP contribution in [0, 0.1) is 5.41 Å². The Morgan fingerprint density at radius 2 is 2.09 bits per heavy atom. The van der Waals surface area contributed by atoms with E-state index in [1.165, 1.54) is 0 Å². The van der Waals surface area contributed by atoms with Gasteiger partial charge in [-0.1, -0.05) is 13.8 Å². The van der Waals surface area contributed by atoms with Crippen molar-refractivity contribution in [1.29, 1.82) is 0 Å². The molecule has 5 nitrogen and oxygen atoms in total. The highest BCUT2D eigenvalue weighted by molar-refractivity contribution is 14.0. The van der Waals surface area contributed by atoms with Crippen LogP contribution in [-0.4, -0.2) is 50.5 Å². The molecule has 3 unspecified atom stereocenters. The molecule has 22 heavy (non-hydrogen) atoms. The standard InChI is InChI=1S/C16H31N3O2.HI/c1-6-17-14(18-11-12-8-7-9-21-12)19-13-10-16(4,20-5)15(13,2)3;/h12-13H,6-11H2,1-5H3,(H2,17,18,19);1H. The van der Waals surface area contributed by atoms with Gasteiger partial charge in [0.2, 0.25) is 0 Å². The number of rotatable bonds is 5. The van der Waals surface area contributed by atoms with Crippen molar-refractivity contribution >= 4 is 29.9 Å². The summed E-state index contributed by atoms with van der Waals surface area (Å²) in [5.74, 6) is 0.893. The Balaban J connectivity index is 0.00000242. The van der Waals surface area contributed by atoms with Crippen molar-refractivity contribution in [3.8, 4) is 0 Å². The van der Waals surface area contributed by atoms with Crippen LogP contribution in [0.4, 0.5) is 0 Å². The molecule has 1 aliphatic heterocycles. The van der Waals surface area contributed by atoms with Gasteiger partial charge in [-0.25, -0.2) is 0 Å². The third kappa shape index (κ3) is 4.06. The monoisotopic (exact) mass is 425 g/mol. The lowest BCUT2D eigenvalue weighted by atomic mass is 9.56. The predicted molar refractivity (Wildman–Crippen MR) is 101 cm³/mol. The van der Waals surface area contributed by atoms with Crippen LogP contribution < -0.4 is 10.6 Å². The molecule has 1 heterocycles. The zero-order chi connectivity index (χ0) is 15.5. The Morgan fingerprint density at radius 3 is 2.59 bits per heavy atom. The minimum atomic E-state index is -0.0590. The predicted octanol–water partition coefficient (Wildman–Crippen LogP) is 2.54. The fraction of sp³-hybridized carbons (Fsp3) is 0.938. The second-order valence-electron chi connectivity index (χ2n) is 6.91. The topological polar surface area (TPSA) is 54.9 Å². The minimum Gasteiger partial charge on any atom is -0.378 e. The van der Waals surface area contributed by atoms with Gasteiger partial charge in [-0.3, -0.25) is 4.99 Å². The number of hydrogen-bond acceptors (Lipinski definition) is 3. The van der Waals surface area contributed by atoms with Crippen LogP contribution in [0.3, 0.4) is 0 Å². The third-order valence-electron chi connectivity index (χ3n) is 5.41. The summed E-state index contributed by atoms with van der Waals surface area (Å²) in [7, 11) is 1.80. The highest BCUT2D eigenvalue weighted by Crippen LogP contribution is 2.51. The summed E-state index contributed by atoms with van der Waals surface area (Å²) in [6.07, 6.45) is 3.57. The number of ether oxygens (including phenoxy) is 2. The van der Waals surface area contributed by atoms with E-state index in [2.05, 4.69) is 43.3 Å². The summed E-state index contributed by atoms with van der Waals surface area (Å²) in [6, 6.07) is 0.379. The van der Waals surface area contributed by atoms with Crippen LogP contribution in [0.2, 0.25) is 0 Å². The van der Waals surface area contributed by atoms with E-state index in [-0.39, 0.29) is 35.0 Å². The molecule has 0 amide bonds.